The van der Waals surface area contributed by atoms with Gasteiger partial charge in [-0.2, -0.15) is 5.10 Å². The third-order valence-electron chi connectivity index (χ3n) is 5.94. The lowest BCUT2D eigenvalue weighted by Crippen LogP contribution is -2.29. The Morgan fingerprint density at radius 3 is 2.75 bits per heavy atom. The molecule has 2 aliphatic carbocycles. The zero-order chi connectivity index (χ0) is 19.3. The summed E-state index contributed by atoms with van der Waals surface area (Å²) in [5.41, 5.74) is 5.71. The van der Waals surface area contributed by atoms with Gasteiger partial charge in [0.25, 0.3) is 5.91 Å². The number of rotatable bonds is 5. The molecule has 1 amide bonds. The molecule has 2 fully saturated rings. The van der Waals surface area contributed by atoms with Gasteiger partial charge in [0.2, 0.25) is 0 Å². The molecule has 148 valence electrons. The Balaban J connectivity index is 1.29. The smallest absolute Gasteiger partial charge is 0.271 e. The van der Waals surface area contributed by atoms with Crippen molar-refractivity contribution in [3.05, 3.63) is 41.7 Å². The van der Waals surface area contributed by atoms with Crippen molar-refractivity contribution in [2.75, 3.05) is 0 Å². The number of hydrazone groups is 1. The predicted octanol–water partition coefficient (Wildman–Crippen LogP) is 4.18. The second kappa shape index (κ2) is 8.90. The summed E-state index contributed by atoms with van der Waals surface area (Å²) in [6.07, 6.45) is 10.5. The molecule has 1 N–H and O–H groups in total. The normalized spacial score (nSPS) is 23.4. The van der Waals surface area contributed by atoms with E-state index in [0.717, 1.165) is 46.9 Å². The number of fused-ring (bicyclic) bond motifs is 1. The number of aryl methyl sites for hydroxylation is 1. The van der Waals surface area contributed by atoms with E-state index in [9.17, 15) is 4.79 Å². The fourth-order valence-electron chi connectivity index (χ4n) is 4.29. The van der Waals surface area contributed by atoms with Crippen LogP contribution in [0.25, 0.3) is 0 Å². The Hall–Kier alpha value is -2.15. The molecule has 28 heavy (non-hydrogen) atoms. The highest BCUT2D eigenvalue weighted by Gasteiger charge is 2.30. The van der Waals surface area contributed by atoms with Crippen molar-refractivity contribution < 1.29 is 4.79 Å². The lowest BCUT2D eigenvalue weighted by atomic mass is 9.70. The van der Waals surface area contributed by atoms with Gasteiger partial charge in [-0.25, -0.2) is 5.43 Å². The maximum absolute atomic E-state index is 12.4. The molecule has 4 rings (SSSR count). The Morgan fingerprint density at radius 1 is 1.21 bits per heavy atom. The highest BCUT2D eigenvalue weighted by Crippen LogP contribution is 2.39. The minimum atomic E-state index is -0.134. The molecule has 0 aliphatic heterocycles. The van der Waals surface area contributed by atoms with E-state index in [2.05, 4.69) is 20.7 Å². The molecule has 1 aromatic heterocycles. The van der Waals surface area contributed by atoms with Crippen LogP contribution < -0.4 is 5.43 Å². The molecule has 2 aromatic rings. The van der Waals surface area contributed by atoms with Crippen LogP contribution in [-0.2, 0) is 12.8 Å². The highest BCUT2D eigenvalue weighted by atomic mass is 32.2. The van der Waals surface area contributed by atoms with Crippen LogP contribution in [-0.4, -0.2) is 26.4 Å². The van der Waals surface area contributed by atoms with Crippen molar-refractivity contribution in [2.45, 2.75) is 55.9 Å². The third-order valence-corrected chi connectivity index (χ3v) is 7.04. The largest absolute Gasteiger partial charge is 0.312 e. The molecule has 0 spiro atoms. The predicted molar refractivity (Wildman–Crippen MR) is 111 cm³/mol. The summed E-state index contributed by atoms with van der Waals surface area (Å²) in [4.78, 5) is 12.4. The van der Waals surface area contributed by atoms with E-state index in [0.29, 0.717) is 5.56 Å². The van der Waals surface area contributed by atoms with Gasteiger partial charge in [-0.05, 0) is 55.2 Å². The lowest BCUT2D eigenvalue weighted by molar-refractivity contribution is 0.0954. The number of carbonyl (C=O) groups excluding carboxylic acids is 1. The third kappa shape index (κ3) is 4.63. The van der Waals surface area contributed by atoms with Crippen LogP contribution >= 0.6 is 11.8 Å². The minimum Gasteiger partial charge on any atom is -0.312 e. The van der Waals surface area contributed by atoms with E-state index in [4.69, 9.17) is 0 Å². The summed E-state index contributed by atoms with van der Waals surface area (Å²) in [5.74, 6) is 2.32. The Labute approximate surface area is 170 Å². The zero-order valence-corrected chi connectivity index (χ0v) is 17.1. The van der Waals surface area contributed by atoms with Crippen LogP contribution in [0.15, 0.2) is 40.9 Å². The second-order valence-electron chi connectivity index (χ2n) is 7.88. The number of hydrogen-bond acceptors (Lipinski definition) is 5. The number of amides is 1. The summed E-state index contributed by atoms with van der Waals surface area (Å²) >= 11 is 1.63. The molecule has 6 nitrogen and oxygen atoms in total. The number of nitrogens with one attached hydrogen (secondary N) is 1. The van der Waals surface area contributed by atoms with E-state index < -0.39 is 0 Å². The van der Waals surface area contributed by atoms with Crippen molar-refractivity contribution in [3.8, 4) is 0 Å². The Kier molecular flexibility index (Phi) is 6.10. The second-order valence-corrected chi connectivity index (χ2v) is 8.82. The van der Waals surface area contributed by atoms with Crippen LogP contribution in [0.5, 0.6) is 0 Å². The van der Waals surface area contributed by atoms with Gasteiger partial charge in [0.1, 0.15) is 6.33 Å². The Morgan fingerprint density at radius 2 is 2.00 bits per heavy atom. The molecule has 2 saturated carbocycles. The molecule has 0 unspecified atom stereocenters. The van der Waals surface area contributed by atoms with E-state index in [1.54, 1.807) is 18.1 Å². The molecule has 1 heterocycles. The molecule has 2 atom stereocenters. The fraction of sp³-hybridized carbons (Fsp3) is 0.524. The topological polar surface area (TPSA) is 72.2 Å². The van der Waals surface area contributed by atoms with Gasteiger partial charge in [-0.15, -0.1) is 10.2 Å². The van der Waals surface area contributed by atoms with E-state index in [1.165, 1.54) is 32.1 Å². The summed E-state index contributed by atoms with van der Waals surface area (Å²) in [6.45, 7) is 0. The van der Waals surface area contributed by atoms with Gasteiger partial charge in [0.05, 0.1) is 0 Å². The number of aromatic nitrogens is 3. The number of hydrogen-bond donors (Lipinski definition) is 1. The standard InChI is InChI=1S/C21H27N5OS/c1-26-14-22-25-21(26)28-13-15-6-8-17(9-7-15)20(27)24-23-19-11-10-16-4-2-3-5-18(16)12-19/h6-9,14,16,18H,2-5,10-13H2,1H3,(H,24,27)/b23-19-/t16-,18-/m0/s1. The van der Waals surface area contributed by atoms with Crippen LogP contribution in [0, 0.1) is 11.8 Å². The van der Waals surface area contributed by atoms with E-state index in [-0.39, 0.29) is 5.91 Å². The monoisotopic (exact) mass is 397 g/mol. The molecule has 1 aromatic carbocycles. The summed E-state index contributed by atoms with van der Waals surface area (Å²) < 4.78 is 1.90. The van der Waals surface area contributed by atoms with Gasteiger partial charge in [-0.3, -0.25) is 4.79 Å². The van der Waals surface area contributed by atoms with Gasteiger partial charge in [0.15, 0.2) is 5.16 Å². The molecular weight excluding hydrogens is 370 g/mol. The van der Waals surface area contributed by atoms with Crippen molar-refractivity contribution in [3.63, 3.8) is 0 Å². The highest BCUT2D eigenvalue weighted by molar-refractivity contribution is 7.98. The van der Waals surface area contributed by atoms with Crippen LogP contribution in [0.4, 0.5) is 0 Å². The van der Waals surface area contributed by atoms with Gasteiger partial charge >= 0.3 is 0 Å². The maximum atomic E-state index is 12.4. The van der Waals surface area contributed by atoms with Crippen LogP contribution in [0.2, 0.25) is 0 Å². The Bertz CT molecular complexity index is 845. The maximum Gasteiger partial charge on any atom is 0.271 e. The molecule has 0 saturated heterocycles. The molecule has 0 bridgehead atoms. The zero-order valence-electron chi connectivity index (χ0n) is 16.3. The average molecular weight is 398 g/mol. The summed E-state index contributed by atoms with van der Waals surface area (Å²) in [6, 6.07) is 7.69. The first kappa shape index (κ1) is 19.2. The van der Waals surface area contributed by atoms with Crippen molar-refractivity contribution in [1.29, 1.82) is 0 Å². The first-order valence-corrected chi connectivity index (χ1v) is 11.1. The molecule has 0 radical (unpaired) electrons. The van der Waals surface area contributed by atoms with Gasteiger partial charge < -0.3 is 4.57 Å². The van der Waals surface area contributed by atoms with Crippen LogP contribution in [0.1, 0.15) is 60.9 Å². The number of benzene rings is 1. The van der Waals surface area contributed by atoms with Gasteiger partial charge in [0, 0.05) is 24.1 Å². The lowest BCUT2D eigenvalue weighted by Gasteiger charge is -2.35. The number of nitrogens with zero attached hydrogens (tertiary/aromatic N) is 4. The van der Waals surface area contributed by atoms with Crippen molar-refractivity contribution in [2.24, 2.45) is 24.0 Å². The minimum absolute atomic E-state index is 0.134. The van der Waals surface area contributed by atoms with E-state index >= 15 is 0 Å². The van der Waals surface area contributed by atoms with Crippen molar-refractivity contribution in [1.82, 2.24) is 20.2 Å². The first-order chi connectivity index (χ1) is 13.7. The molecule has 7 heteroatoms. The quantitative estimate of drug-likeness (QED) is 0.607. The average Bonchev–Trinajstić information content (AvgIpc) is 3.15. The SMILES string of the molecule is Cn1cnnc1SCc1ccc(C(=O)N/N=C2/CC[C@@H]3CCCC[C@H]3C2)cc1. The first-order valence-electron chi connectivity index (χ1n) is 10.1. The fourth-order valence-corrected chi connectivity index (χ4v) is 5.13. The summed E-state index contributed by atoms with van der Waals surface area (Å²) in [5, 5.41) is 13.3. The van der Waals surface area contributed by atoms with Gasteiger partial charge in [-0.1, -0.05) is 43.2 Å². The van der Waals surface area contributed by atoms with Crippen molar-refractivity contribution >= 4 is 23.4 Å². The number of carbonyl (C=O) groups is 1. The molecular formula is C21H27N5OS. The van der Waals surface area contributed by atoms with E-state index in [1.807, 2.05) is 35.9 Å². The summed E-state index contributed by atoms with van der Waals surface area (Å²) in [7, 11) is 1.93. The number of thioether (sulfide) groups is 1. The van der Waals surface area contributed by atoms with Crippen LogP contribution in [0.3, 0.4) is 0 Å². The molecule has 2 aliphatic rings.